The Kier molecular flexibility index (Phi) is 12.3. The van der Waals surface area contributed by atoms with Crippen molar-refractivity contribution in [1.29, 1.82) is 0 Å². The van der Waals surface area contributed by atoms with Crippen molar-refractivity contribution in [3.8, 4) is 5.75 Å². The summed E-state index contributed by atoms with van der Waals surface area (Å²) in [5.74, 6) is -1.06. The normalized spacial score (nSPS) is 11.1. The fourth-order valence-electron chi connectivity index (χ4n) is 4.05. The molecule has 6 heteroatoms. The smallest absolute Gasteiger partial charge is 0.336 e. The summed E-state index contributed by atoms with van der Waals surface area (Å²) in [6, 6.07) is 5.85. The van der Waals surface area contributed by atoms with E-state index in [9.17, 15) is 14.4 Å². The monoisotopic (exact) mass is 458 g/mol. The van der Waals surface area contributed by atoms with Gasteiger partial charge in [0.2, 0.25) is 0 Å². The fraction of sp³-hybridized carbons (Fsp3) is 0.593. The van der Waals surface area contributed by atoms with Crippen LogP contribution in [0.25, 0.3) is 11.0 Å². The molecule has 1 aromatic heterocycles. The lowest BCUT2D eigenvalue weighted by atomic mass is 10.0. The van der Waals surface area contributed by atoms with Gasteiger partial charge in [0.25, 0.3) is 0 Å². The number of carbonyl (C=O) groups is 2. The Bertz CT molecular complexity index is 930. The van der Waals surface area contributed by atoms with Gasteiger partial charge in [-0.2, -0.15) is 0 Å². The number of ether oxygens (including phenoxy) is 1. The van der Waals surface area contributed by atoms with Crippen LogP contribution in [0.2, 0.25) is 0 Å². The van der Waals surface area contributed by atoms with Crippen molar-refractivity contribution >= 4 is 22.9 Å². The van der Waals surface area contributed by atoms with Crippen LogP contribution in [0.3, 0.4) is 0 Å². The first-order chi connectivity index (χ1) is 16.0. The molecule has 33 heavy (non-hydrogen) atoms. The van der Waals surface area contributed by atoms with E-state index in [4.69, 9.17) is 14.3 Å². The maximum atomic E-state index is 12.1. The summed E-state index contributed by atoms with van der Waals surface area (Å²) in [5.41, 5.74) is -0.0437. The van der Waals surface area contributed by atoms with Crippen molar-refractivity contribution in [3.63, 3.8) is 0 Å². The van der Waals surface area contributed by atoms with E-state index in [-0.39, 0.29) is 23.7 Å². The molecule has 182 valence electrons. The lowest BCUT2D eigenvalue weighted by Gasteiger charge is -2.07. The van der Waals surface area contributed by atoms with Crippen LogP contribution in [0, 0.1) is 0 Å². The van der Waals surface area contributed by atoms with E-state index in [1.165, 1.54) is 76.3 Å². The molecule has 0 amide bonds. The summed E-state index contributed by atoms with van der Waals surface area (Å²) in [6.45, 7) is 2.25. The SMILES string of the molecule is CCCCCCCCCCCCCCCC(=O)Oc1ccc2c(CC(=O)O)cc(=O)oc2c1. The molecule has 0 unspecified atom stereocenters. The van der Waals surface area contributed by atoms with Gasteiger partial charge < -0.3 is 14.3 Å². The number of rotatable bonds is 17. The molecule has 0 bridgehead atoms. The van der Waals surface area contributed by atoms with E-state index in [0.717, 1.165) is 19.3 Å². The van der Waals surface area contributed by atoms with Gasteiger partial charge in [0.1, 0.15) is 11.3 Å². The molecule has 1 heterocycles. The second kappa shape index (κ2) is 15.3. The van der Waals surface area contributed by atoms with Crippen LogP contribution in [0.5, 0.6) is 5.75 Å². The quantitative estimate of drug-likeness (QED) is 0.121. The summed E-state index contributed by atoms with van der Waals surface area (Å²) in [7, 11) is 0. The van der Waals surface area contributed by atoms with E-state index in [1.807, 2.05) is 0 Å². The van der Waals surface area contributed by atoms with Crippen LogP contribution >= 0.6 is 0 Å². The number of unbranched alkanes of at least 4 members (excludes halogenated alkanes) is 12. The summed E-state index contributed by atoms with van der Waals surface area (Å²) in [6.07, 6.45) is 16.3. The number of hydrogen-bond donors (Lipinski definition) is 1. The van der Waals surface area contributed by atoms with Crippen LogP contribution in [-0.2, 0) is 16.0 Å². The zero-order chi connectivity index (χ0) is 23.9. The van der Waals surface area contributed by atoms with E-state index >= 15 is 0 Å². The van der Waals surface area contributed by atoms with E-state index in [2.05, 4.69) is 6.92 Å². The van der Waals surface area contributed by atoms with Crippen molar-refractivity contribution in [2.45, 2.75) is 103 Å². The Morgan fingerprint density at radius 3 is 2.00 bits per heavy atom. The molecule has 0 saturated heterocycles. The summed E-state index contributed by atoms with van der Waals surface area (Å²) >= 11 is 0. The van der Waals surface area contributed by atoms with Gasteiger partial charge in [-0.1, -0.05) is 84.0 Å². The highest BCUT2D eigenvalue weighted by molar-refractivity contribution is 5.86. The molecule has 0 aliphatic rings. The molecule has 0 atom stereocenters. The third-order valence-corrected chi connectivity index (χ3v) is 5.86. The van der Waals surface area contributed by atoms with Crippen molar-refractivity contribution in [2.75, 3.05) is 0 Å². The van der Waals surface area contributed by atoms with Gasteiger partial charge in [-0.15, -0.1) is 0 Å². The van der Waals surface area contributed by atoms with Gasteiger partial charge in [-0.05, 0) is 24.1 Å². The molecule has 0 saturated carbocycles. The molecule has 0 radical (unpaired) electrons. The van der Waals surface area contributed by atoms with Gasteiger partial charge in [-0.3, -0.25) is 9.59 Å². The van der Waals surface area contributed by atoms with Crippen molar-refractivity contribution < 1.29 is 23.8 Å². The van der Waals surface area contributed by atoms with Crippen LogP contribution in [-0.4, -0.2) is 17.0 Å². The number of hydrogen-bond acceptors (Lipinski definition) is 5. The first-order valence-electron chi connectivity index (χ1n) is 12.5. The summed E-state index contributed by atoms with van der Waals surface area (Å²) in [4.78, 5) is 34.8. The van der Waals surface area contributed by atoms with Gasteiger partial charge in [0.05, 0.1) is 6.42 Å². The maximum absolute atomic E-state index is 12.1. The first kappa shape index (κ1) is 26.6. The highest BCUT2D eigenvalue weighted by atomic mass is 16.5. The van der Waals surface area contributed by atoms with Gasteiger partial charge >= 0.3 is 17.6 Å². The second-order valence-corrected chi connectivity index (χ2v) is 8.79. The molecule has 0 spiro atoms. The minimum Gasteiger partial charge on any atom is -0.481 e. The van der Waals surface area contributed by atoms with Gasteiger partial charge in [0, 0.05) is 23.9 Å². The van der Waals surface area contributed by atoms with E-state index < -0.39 is 11.6 Å². The van der Waals surface area contributed by atoms with Crippen LogP contribution in [0.4, 0.5) is 0 Å². The summed E-state index contributed by atoms with van der Waals surface area (Å²) < 4.78 is 10.5. The predicted octanol–water partition coefficient (Wildman–Crippen LogP) is 6.81. The lowest BCUT2D eigenvalue weighted by molar-refractivity contribution is -0.136. The first-order valence-corrected chi connectivity index (χ1v) is 12.5. The predicted molar refractivity (Wildman–Crippen MR) is 130 cm³/mol. The molecule has 0 aliphatic carbocycles. The fourth-order valence-corrected chi connectivity index (χ4v) is 4.05. The number of esters is 1. The zero-order valence-electron chi connectivity index (χ0n) is 19.9. The molecule has 2 aromatic rings. The van der Waals surface area contributed by atoms with Gasteiger partial charge in [-0.25, -0.2) is 4.79 Å². The Morgan fingerprint density at radius 2 is 1.42 bits per heavy atom. The number of carbonyl (C=O) groups excluding carboxylic acids is 1. The van der Waals surface area contributed by atoms with E-state index in [1.54, 1.807) is 12.1 Å². The average molecular weight is 459 g/mol. The number of carboxylic acid groups (broad SMARTS) is 1. The van der Waals surface area contributed by atoms with E-state index in [0.29, 0.717) is 17.4 Å². The van der Waals surface area contributed by atoms with Crippen molar-refractivity contribution in [2.24, 2.45) is 0 Å². The largest absolute Gasteiger partial charge is 0.481 e. The third-order valence-electron chi connectivity index (χ3n) is 5.86. The highest BCUT2D eigenvalue weighted by Crippen LogP contribution is 2.23. The molecule has 1 aromatic carbocycles. The number of fused-ring (bicyclic) bond motifs is 1. The number of aliphatic carboxylic acids is 1. The standard InChI is InChI=1S/C27H38O6/c1-2-3-4-5-6-7-8-9-10-11-12-13-14-15-26(30)32-22-16-17-23-21(18-25(28)29)19-27(31)33-24(23)20-22/h16-17,19-20H,2-15,18H2,1H3,(H,28,29). The number of benzene rings is 1. The van der Waals surface area contributed by atoms with Crippen LogP contribution < -0.4 is 10.4 Å². The molecule has 0 fully saturated rings. The minimum atomic E-state index is -1.03. The van der Waals surface area contributed by atoms with Crippen molar-refractivity contribution in [3.05, 3.63) is 40.2 Å². The highest BCUT2D eigenvalue weighted by Gasteiger charge is 2.12. The topological polar surface area (TPSA) is 93.8 Å². The minimum absolute atomic E-state index is 0.213. The van der Waals surface area contributed by atoms with Crippen LogP contribution in [0.15, 0.2) is 33.5 Å². The molecule has 1 N–H and O–H groups in total. The zero-order valence-corrected chi connectivity index (χ0v) is 19.9. The number of carboxylic acids is 1. The van der Waals surface area contributed by atoms with Gasteiger partial charge in [0.15, 0.2) is 0 Å². The third kappa shape index (κ3) is 10.7. The second-order valence-electron chi connectivity index (χ2n) is 8.79. The summed E-state index contributed by atoms with van der Waals surface area (Å²) in [5, 5.41) is 9.53. The molecular weight excluding hydrogens is 420 g/mol. The maximum Gasteiger partial charge on any atom is 0.336 e. The van der Waals surface area contributed by atoms with Crippen molar-refractivity contribution in [1.82, 2.24) is 0 Å². The molecule has 0 aliphatic heterocycles. The molecular formula is C27H38O6. The Morgan fingerprint density at radius 1 is 0.848 bits per heavy atom. The Balaban J connectivity index is 1.62. The van der Waals surface area contributed by atoms with Crippen LogP contribution in [0.1, 0.15) is 102 Å². The molecule has 2 rings (SSSR count). The molecule has 6 nitrogen and oxygen atoms in total. The Hall–Kier alpha value is -2.63. The average Bonchev–Trinajstić information content (AvgIpc) is 2.76. The lowest BCUT2D eigenvalue weighted by Crippen LogP contribution is -2.08. The Labute approximate surface area is 196 Å².